The zero-order valence-corrected chi connectivity index (χ0v) is 15.6. The fraction of sp³-hybridized carbons (Fsp3) is 0.529. The highest BCUT2D eigenvalue weighted by Gasteiger charge is 2.14. The van der Waals surface area contributed by atoms with Crippen LogP contribution >= 0.6 is 34.8 Å². The highest BCUT2D eigenvalue weighted by atomic mass is 35.5. The summed E-state index contributed by atoms with van der Waals surface area (Å²) in [5.74, 6) is 1.67. The van der Waals surface area contributed by atoms with Crippen molar-refractivity contribution in [3.05, 3.63) is 33.8 Å². The van der Waals surface area contributed by atoms with Crippen molar-refractivity contribution in [2.24, 2.45) is 0 Å². The summed E-state index contributed by atoms with van der Waals surface area (Å²) in [6, 6.07) is 3.97. The molecule has 1 rings (SSSR count). The van der Waals surface area contributed by atoms with E-state index in [0.29, 0.717) is 6.61 Å². The van der Waals surface area contributed by atoms with Gasteiger partial charge in [0.05, 0.1) is 0 Å². The van der Waals surface area contributed by atoms with Crippen LogP contribution in [0.2, 0.25) is 0 Å². The van der Waals surface area contributed by atoms with Crippen LogP contribution in [0.3, 0.4) is 0 Å². The van der Waals surface area contributed by atoms with E-state index in [0.717, 1.165) is 48.3 Å². The quantitative estimate of drug-likeness (QED) is 0.481. The molecule has 1 aromatic carbocycles. The molecule has 0 N–H and O–H groups in total. The Morgan fingerprint density at radius 2 is 1.73 bits per heavy atom. The summed E-state index contributed by atoms with van der Waals surface area (Å²) in [6.45, 7) is 6.60. The maximum atomic E-state index is 6.24. The van der Waals surface area contributed by atoms with Crippen LogP contribution in [0.25, 0.3) is 0 Å². The number of aryl methyl sites for hydroxylation is 2. The first kappa shape index (κ1) is 19.5. The second-order valence-corrected chi connectivity index (χ2v) is 6.39. The molecule has 1 aromatic rings. The molecule has 22 heavy (non-hydrogen) atoms. The summed E-state index contributed by atoms with van der Waals surface area (Å²) in [6.07, 6.45) is 5.12. The van der Waals surface area contributed by atoms with Crippen molar-refractivity contribution in [3.8, 4) is 11.5 Å². The highest BCUT2D eigenvalue weighted by molar-refractivity contribution is 6.55. The number of ether oxygens (including phenoxy) is 2. The van der Waals surface area contributed by atoms with Crippen LogP contribution in [0.5, 0.6) is 11.5 Å². The van der Waals surface area contributed by atoms with Crippen molar-refractivity contribution < 1.29 is 9.47 Å². The molecule has 1 atom stereocenters. The number of alkyl halides is 1. The van der Waals surface area contributed by atoms with E-state index in [1.54, 1.807) is 6.08 Å². The molecule has 0 saturated carbocycles. The van der Waals surface area contributed by atoms with E-state index in [1.165, 1.54) is 0 Å². The molecule has 0 aliphatic rings. The first-order chi connectivity index (χ1) is 10.5. The molecule has 124 valence electrons. The van der Waals surface area contributed by atoms with Crippen LogP contribution in [0.4, 0.5) is 0 Å². The molecule has 0 aromatic heterocycles. The lowest BCUT2D eigenvalue weighted by atomic mass is 10.0. The topological polar surface area (TPSA) is 18.5 Å². The van der Waals surface area contributed by atoms with Gasteiger partial charge in [-0.2, -0.15) is 0 Å². The van der Waals surface area contributed by atoms with E-state index in [1.807, 2.05) is 12.1 Å². The van der Waals surface area contributed by atoms with Gasteiger partial charge in [0, 0.05) is 0 Å². The maximum absolute atomic E-state index is 6.24. The third kappa shape index (κ3) is 6.28. The number of benzene rings is 1. The van der Waals surface area contributed by atoms with Crippen molar-refractivity contribution in [1.82, 2.24) is 0 Å². The number of rotatable bonds is 9. The molecule has 0 bridgehead atoms. The molecule has 0 spiro atoms. The lowest BCUT2D eigenvalue weighted by Crippen LogP contribution is -2.11. The molecule has 0 aliphatic heterocycles. The maximum Gasteiger partial charge on any atom is 0.172 e. The van der Waals surface area contributed by atoms with Crippen LogP contribution in [-0.4, -0.2) is 12.2 Å². The van der Waals surface area contributed by atoms with Crippen molar-refractivity contribution in [1.29, 1.82) is 0 Å². The minimum atomic E-state index is -0.301. The molecule has 0 radical (unpaired) electrons. The summed E-state index contributed by atoms with van der Waals surface area (Å²) in [4.78, 5) is 0. The fourth-order valence-corrected chi connectivity index (χ4v) is 2.53. The summed E-state index contributed by atoms with van der Waals surface area (Å²) < 4.78 is 11.8. The lowest BCUT2D eigenvalue weighted by molar-refractivity contribution is 0.263. The van der Waals surface area contributed by atoms with E-state index in [4.69, 9.17) is 44.3 Å². The minimum absolute atomic E-state index is 0.205. The van der Waals surface area contributed by atoms with Crippen molar-refractivity contribution in [2.75, 3.05) is 6.61 Å². The predicted octanol–water partition coefficient (Wildman–Crippen LogP) is 6.25. The zero-order chi connectivity index (χ0) is 16.5. The summed E-state index contributed by atoms with van der Waals surface area (Å²) in [5, 5.41) is 0. The summed E-state index contributed by atoms with van der Waals surface area (Å²) in [5.41, 5.74) is 1.89. The monoisotopic (exact) mass is 364 g/mol. The van der Waals surface area contributed by atoms with Crippen LogP contribution in [-0.2, 0) is 12.8 Å². The molecular formula is C17H23Cl3O2. The van der Waals surface area contributed by atoms with Gasteiger partial charge in [0.25, 0.3) is 0 Å². The van der Waals surface area contributed by atoms with E-state index in [-0.39, 0.29) is 10.1 Å². The molecular weight excluding hydrogens is 343 g/mol. The Hall–Kier alpha value is -0.570. The van der Waals surface area contributed by atoms with Gasteiger partial charge >= 0.3 is 0 Å². The van der Waals surface area contributed by atoms with E-state index >= 15 is 0 Å². The van der Waals surface area contributed by atoms with Gasteiger partial charge < -0.3 is 9.47 Å². The SMILES string of the molecule is CCCC(Cl)Oc1c(CC)cc(OCC=C(Cl)Cl)cc1CC. The number of hydrogen-bond donors (Lipinski definition) is 0. The normalized spacial score (nSPS) is 11.9. The molecule has 0 amide bonds. The Bertz CT molecular complexity index is 472. The second kappa shape index (κ2) is 10.3. The van der Waals surface area contributed by atoms with Gasteiger partial charge in [-0.15, -0.1) is 0 Å². The number of hydrogen-bond acceptors (Lipinski definition) is 2. The smallest absolute Gasteiger partial charge is 0.172 e. The molecule has 2 nitrogen and oxygen atoms in total. The van der Waals surface area contributed by atoms with Gasteiger partial charge in [0.2, 0.25) is 0 Å². The first-order valence-electron chi connectivity index (χ1n) is 7.62. The summed E-state index contributed by atoms with van der Waals surface area (Å²) in [7, 11) is 0. The summed E-state index contributed by atoms with van der Waals surface area (Å²) >= 11 is 17.4. The molecule has 5 heteroatoms. The standard InChI is InChI=1S/C17H23Cl3O2/c1-4-7-16(20)22-17-12(5-2)10-14(11-13(17)6-3)21-9-8-15(18)19/h8,10-11,16H,4-7,9H2,1-3H3. The van der Waals surface area contributed by atoms with Crippen LogP contribution < -0.4 is 9.47 Å². The molecule has 0 fully saturated rings. The Kier molecular flexibility index (Phi) is 9.08. The molecule has 1 unspecified atom stereocenters. The van der Waals surface area contributed by atoms with Crippen molar-refractivity contribution in [3.63, 3.8) is 0 Å². The Morgan fingerprint density at radius 1 is 1.14 bits per heavy atom. The van der Waals surface area contributed by atoms with E-state index in [2.05, 4.69) is 20.8 Å². The Balaban J connectivity index is 2.99. The van der Waals surface area contributed by atoms with Gasteiger partial charge in [-0.1, -0.05) is 62.0 Å². The van der Waals surface area contributed by atoms with Gasteiger partial charge in [-0.05, 0) is 48.6 Å². The van der Waals surface area contributed by atoms with Gasteiger partial charge in [-0.25, -0.2) is 0 Å². The number of halogens is 3. The fourth-order valence-electron chi connectivity index (χ4n) is 2.10. The second-order valence-electron chi connectivity index (χ2n) is 4.90. The molecule has 0 heterocycles. The van der Waals surface area contributed by atoms with Gasteiger partial charge in [0.1, 0.15) is 22.6 Å². The first-order valence-corrected chi connectivity index (χ1v) is 8.81. The third-order valence-corrected chi connectivity index (χ3v) is 3.84. The molecule has 0 saturated heterocycles. The zero-order valence-electron chi connectivity index (χ0n) is 13.3. The average Bonchev–Trinajstić information content (AvgIpc) is 2.48. The van der Waals surface area contributed by atoms with E-state index < -0.39 is 0 Å². The van der Waals surface area contributed by atoms with E-state index in [9.17, 15) is 0 Å². The van der Waals surface area contributed by atoms with Crippen LogP contribution in [0, 0.1) is 0 Å². The molecule has 0 aliphatic carbocycles. The van der Waals surface area contributed by atoms with Gasteiger partial charge in [0.15, 0.2) is 5.56 Å². The Morgan fingerprint density at radius 3 is 2.18 bits per heavy atom. The average molecular weight is 366 g/mol. The van der Waals surface area contributed by atoms with Gasteiger partial charge in [-0.3, -0.25) is 0 Å². The van der Waals surface area contributed by atoms with Crippen LogP contribution in [0.1, 0.15) is 44.7 Å². The van der Waals surface area contributed by atoms with Crippen molar-refractivity contribution in [2.45, 2.75) is 52.0 Å². The Labute approximate surface area is 148 Å². The van der Waals surface area contributed by atoms with Crippen LogP contribution in [0.15, 0.2) is 22.7 Å². The lowest BCUT2D eigenvalue weighted by Gasteiger charge is -2.19. The predicted molar refractivity (Wildman–Crippen MR) is 95.7 cm³/mol. The highest BCUT2D eigenvalue weighted by Crippen LogP contribution is 2.32. The van der Waals surface area contributed by atoms with Crippen molar-refractivity contribution >= 4 is 34.8 Å². The minimum Gasteiger partial charge on any atom is -0.489 e. The third-order valence-electron chi connectivity index (χ3n) is 3.23. The largest absolute Gasteiger partial charge is 0.489 e.